The highest BCUT2D eigenvalue weighted by Crippen LogP contribution is 2.14. The van der Waals surface area contributed by atoms with Crippen molar-refractivity contribution in [3.05, 3.63) is 35.6 Å². The molecule has 0 atom stereocenters. The zero-order valence-electron chi connectivity index (χ0n) is 13.6. The van der Waals surface area contributed by atoms with Gasteiger partial charge in [-0.1, -0.05) is 26.0 Å². The van der Waals surface area contributed by atoms with Crippen LogP contribution in [0, 0.1) is 5.82 Å². The SMILES string of the molecule is CC(C)N1CCN(C)CC1.CC(C)c1cccc(F)c1. The van der Waals surface area contributed by atoms with E-state index in [1.807, 2.05) is 6.07 Å². The molecule has 0 spiro atoms. The molecule has 114 valence electrons. The first-order chi connectivity index (χ1) is 9.40. The minimum absolute atomic E-state index is 0.147. The lowest BCUT2D eigenvalue weighted by Crippen LogP contribution is -2.47. The highest BCUT2D eigenvalue weighted by molar-refractivity contribution is 5.19. The number of benzene rings is 1. The van der Waals surface area contributed by atoms with Crippen molar-refractivity contribution in [1.82, 2.24) is 9.80 Å². The van der Waals surface area contributed by atoms with Crippen molar-refractivity contribution in [2.24, 2.45) is 0 Å². The van der Waals surface area contributed by atoms with Gasteiger partial charge in [0.25, 0.3) is 0 Å². The van der Waals surface area contributed by atoms with Crippen LogP contribution in [0.25, 0.3) is 0 Å². The smallest absolute Gasteiger partial charge is 0.123 e. The fourth-order valence-corrected chi connectivity index (χ4v) is 2.20. The minimum atomic E-state index is -0.147. The van der Waals surface area contributed by atoms with Gasteiger partial charge in [0.1, 0.15) is 5.82 Å². The van der Waals surface area contributed by atoms with Crippen molar-refractivity contribution in [2.45, 2.75) is 39.7 Å². The molecule has 1 aromatic rings. The molecule has 1 aromatic carbocycles. The van der Waals surface area contributed by atoms with E-state index in [9.17, 15) is 4.39 Å². The Morgan fingerprint density at radius 2 is 1.60 bits per heavy atom. The number of hydrogen-bond donors (Lipinski definition) is 0. The summed E-state index contributed by atoms with van der Waals surface area (Å²) in [6, 6.07) is 7.45. The predicted molar refractivity (Wildman–Crippen MR) is 84.7 cm³/mol. The van der Waals surface area contributed by atoms with Crippen LogP contribution in [-0.2, 0) is 0 Å². The van der Waals surface area contributed by atoms with Crippen LogP contribution in [0.5, 0.6) is 0 Å². The van der Waals surface area contributed by atoms with Gasteiger partial charge in [0.15, 0.2) is 0 Å². The van der Waals surface area contributed by atoms with E-state index >= 15 is 0 Å². The highest BCUT2D eigenvalue weighted by Gasteiger charge is 2.15. The number of hydrogen-bond acceptors (Lipinski definition) is 2. The first-order valence-electron chi connectivity index (χ1n) is 7.58. The normalized spacial score (nSPS) is 17.2. The monoisotopic (exact) mass is 280 g/mol. The van der Waals surface area contributed by atoms with Crippen LogP contribution in [0.4, 0.5) is 4.39 Å². The molecule has 0 aromatic heterocycles. The molecule has 0 N–H and O–H groups in total. The summed E-state index contributed by atoms with van der Waals surface area (Å²) < 4.78 is 12.5. The van der Waals surface area contributed by atoms with Crippen LogP contribution >= 0.6 is 0 Å². The average molecular weight is 280 g/mol. The highest BCUT2D eigenvalue weighted by atomic mass is 19.1. The number of rotatable bonds is 2. The fraction of sp³-hybridized carbons (Fsp3) is 0.647. The van der Waals surface area contributed by atoms with Gasteiger partial charge in [-0.2, -0.15) is 0 Å². The second kappa shape index (κ2) is 8.38. The van der Waals surface area contributed by atoms with E-state index in [1.165, 1.54) is 32.2 Å². The fourth-order valence-electron chi connectivity index (χ4n) is 2.20. The molecule has 0 amide bonds. The van der Waals surface area contributed by atoms with Gasteiger partial charge < -0.3 is 4.90 Å². The summed E-state index contributed by atoms with van der Waals surface area (Å²) in [6.45, 7) is 13.6. The number of halogens is 1. The van der Waals surface area contributed by atoms with E-state index in [-0.39, 0.29) is 5.82 Å². The maximum atomic E-state index is 12.5. The second-order valence-electron chi connectivity index (χ2n) is 6.14. The number of piperazine rings is 1. The van der Waals surface area contributed by atoms with Crippen molar-refractivity contribution < 1.29 is 4.39 Å². The third kappa shape index (κ3) is 6.02. The molecule has 2 nitrogen and oxygen atoms in total. The molecular formula is C17H29FN2. The van der Waals surface area contributed by atoms with Crippen LogP contribution < -0.4 is 0 Å². The van der Waals surface area contributed by atoms with Gasteiger partial charge in [-0.3, -0.25) is 4.90 Å². The molecule has 1 aliphatic heterocycles. The van der Waals surface area contributed by atoms with Gasteiger partial charge in [0, 0.05) is 32.2 Å². The Morgan fingerprint density at radius 1 is 1.00 bits per heavy atom. The Hall–Kier alpha value is -0.930. The maximum absolute atomic E-state index is 12.5. The summed E-state index contributed by atoms with van der Waals surface area (Å²) in [7, 11) is 2.19. The lowest BCUT2D eigenvalue weighted by Gasteiger charge is -2.34. The Kier molecular flexibility index (Phi) is 7.17. The molecule has 0 aliphatic carbocycles. The van der Waals surface area contributed by atoms with Crippen molar-refractivity contribution >= 4 is 0 Å². The molecule has 3 heteroatoms. The molecule has 1 fully saturated rings. The number of nitrogens with zero attached hydrogens (tertiary/aromatic N) is 2. The Labute approximate surface area is 123 Å². The Balaban J connectivity index is 0.000000200. The minimum Gasteiger partial charge on any atom is -0.304 e. The van der Waals surface area contributed by atoms with Crippen LogP contribution in [-0.4, -0.2) is 49.1 Å². The zero-order chi connectivity index (χ0) is 15.1. The first kappa shape index (κ1) is 17.1. The Morgan fingerprint density at radius 3 is 2.00 bits per heavy atom. The summed E-state index contributed by atoms with van der Waals surface area (Å²) in [5.74, 6) is 0.266. The molecule has 1 heterocycles. The Bertz CT molecular complexity index is 382. The summed E-state index contributed by atoms with van der Waals surface area (Å²) in [6.07, 6.45) is 0. The average Bonchev–Trinajstić information content (AvgIpc) is 2.40. The van der Waals surface area contributed by atoms with Gasteiger partial charge >= 0.3 is 0 Å². The summed E-state index contributed by atoms with van der Waals surface area (Å²) in [5, 5.41) is 0. The van der Waals surface area contributed by atoms with E-state index in [4.69, 9.17) is 0 Å². The van der Waals surface area contributed by atoms with Crippen molar-refractivity contribution in [3.63, 3.8) is 0 Å². The lowest BCUT2D eigenvalue weighted by molar-refractivity contribution is 0.126. The number of likely N-dealkylation sites (N-methyl/N-ethyl adjacent to an activating group) is 1. The standard InChI is InChI=1S/C9H11F.C8H18N2/c1-7(2)8-4-3-5-9(10)6-8;1-8(2)10-6-4-9(3)5-7-10/h3-7H,1-2H3;8H,4-7H2,1-3H3. The topological polar surface area (TPSA) is 6.48 Å². The van der Waals surface area contributed by atoms with Gasteiger partial charge in [-0.15, -0.1) is 0 Å². The summed E-state index contributed by atoms with van der Waals surface area (Å²) in [5.41, 5.74) is 1.06. The lowest BCUT2D eigenvalue weighted by atomic mass is 10.0. The van der Waals surface area contributed by atoms with Crippen molar-refractivity contribution in [2.75, 3.05) is 33.2 Å². The molecule has 1 saturated heterocycles. The van der Waals surface area contributed by atoms with Crippen LogP contribution in [0.3, 0.4) is 0 Å². The molecule has 0 bridgehead atoms. The predicted octanol–water partition coefficient (Wildman–Crippen LogP) is 3.59. The van der Waals surface area contributed by atoms with Crippen LogP contribution in [0.1, 0.15) is 39.2 Å². The van der Waals surface area contributed by atoms with Crippen LogP contribution in [0.2, 0.25) is 0 Å². The molecule has 0 unspecified atom stereocenters. The molecule has 0 radical (unpaired) electrons. The second-order valence-corrected chi connectivity index (χ2v) is 6.14. The molecule has 1 aliphatic rings. The third-order valence-electron chi connectivity index (χ3n) is 3.78. The largest absolute Gasteiger partial charge is 0.304 e. The summed E-state index contributed by atoms with van der Waals surface area (Å²) >= 11 is 0. The molecule has 2 rings (SSSR count). The van der Waals surface area contributed by atoms with E-state index in [0.717, 1.165) is 11.6 Å². The third-order valence-corrected chi connectivity index (χ3v) is 3.78. The van der Waals surface area contributed by atoms with Gasteiger partial charge in [0.2, 0.25) is 0 Å². The van der Waals surface area contributed by atoms with E-state index in [1.54, 1.807) is 12.1 Å². The zero-order valence-corrected chi connectivity index (χ0v) is 13.6. The van der Waals surface area contributed by atoms with Crippen LogP contribution in [0.15, 0.2) is 24.3 Å². The first-order valence-corrected chi connectivity index (χ1v) is 7.58. The van der Waals surface area contributed by atoms with E-state index in [0.29, 0.717) is 5.92 Å². The quantitative estimate of drug-likeness (QED) is 0.817. The van der Waals surface area contributed by atoms with Gasteiger partial charge in [-0.25, -0.2) is 4.39 Å². The molecule has 0 saturated carbocycles. The summed E-state index contributed by atoms with van der Waals surface area (Å²) in [4.78, 5) is 4.92. The van der Waals surface area contributed by atoms with E-state index in [2.05, 4.69) is 44.5 Å². The van der Waals surface area contributed by atoms with E-state index < -0.39 is 0 Å². The van der Waals surface area contributed by atoms with Gasteiger partial charge in [0.05, 0.1) is 0 Å². The van der Waals surface area contributed by atoms with Crippen molar-refractivity contribution in [1.29, 1.82) is 0 Å². The molecule has 20 heavy (non-hydrogen) atoms. The maximum Gasteiger partial charge on any atom is 0.123 e. The molecular weight excluding hydrogens is 251 g/mol. The van der Waals surface area contributed by atoms with Crippen molar-refractivity contribution in [3.8, 4) is 0 Å². The van der Waals surface area contributed by atoms with Gasteiger partial charge in [-0.05, 0) is 44.5 Å².